The summed E-state index contributed by atoms with van der Waals surface area (Å²) in [7, 11) is 0. The van der Waals surface area contributed by atoms with Crippen LogP contribution < -0.4 is 5.73 Å². The molecule has 2 nitrogen and oxygen atoms in total. The third kappa shape index (κ3) is 3.84. The van der Waals surface area contributed by atoms with Crippen molar-refractivity contribution in [2.75, 3.05) is 0 Å². The van der Waals surface area contributed by atoms with Gasteiger partial charge in [-0.15, -0.1) is 0 Å². The molecule has 1 atom stereocenters. The first-order valence-electron chi connectivity index (χ1n) is 5.59. The molecular weight excluding hydrogens is 186 g/mol. The van der Waals surface area contributed by atoms with Crippen LogP contribution >= 0.6 is 0 Å². The third-order valence-electron chi connectivity index (χ3n) is 2.53. The standard InChI is InChI=1S/C13H19NO/c1-2-3-5-10-12(15)13(14)11-8-6-4-7-9-11/h4,6-9,13H,2-3,5,10,14H2,1H3. The zero-order valence-corrected chi connectivity index (χ0v) is 9.28. The molecule has 0 saturated carbocycles. The second-order valence-corrected chi connectivity index (χ2v) is 3.81. The van der Waals surface area contributed by atoms with E-state index < -0.39 is 6.04 Å². The van der Waals surface area contributed by atoms with E-state index in [-0.39, 0.29) is 5.78 Å². The Balaban J connectivity index is 2.46. The molecule has 0 radical (unpaired) electrons. The van der Waals surface area contributed by atoms with E-state index in [9.17, 15) is 4.79 Å². The summed E-state index contributed by atoms with van der Waals surface area (Å²) >= 11 is 0. The van der Waals surface area contributed by atoms with Crippen molar-refractivity contribution in [1.29, 1.82) is 0 Å². The van der Waals surface area contributed by atoms with Crippen LogP contribution in [0.15, 0.2) is 30.3 Å². The highest BCUT2D eigenvalue weighted by atomic mass is 16.1. The molecule has 0 aliphatic heterocycles. The first-order valence-corrected chi connectivity index (χ1v) is 5.59. The number of unbranched alkanes of at least 4 members (excludes halogenated alkanes) is 2. The van der Waals surface area contributed by atoms with Gasteiger partial charge in [-0.2, -0.15) is 0 Å². The summed E-state index contributed by atoms with van der Waals surface area (Å²) in [4.78, 5) is 11.7. The summed E-state index contributed by atoms with van der Waals surface area (Å²) in [6, 6.07) is 9.12. The molecule has 1 aromatic rings. The maximum absolute atomic E-state index is 11.7. The quantitative estimate of drug-likeness (QED) is 0.726. The lowest BCUT2D eigenvalue weighted by Crippen LogP contribution is -2.21. The number of hydrogen-bond donors (Lipinski definition) is 1. The molecule has 2 heteroatoms. The zero-order valence-electron chi connectivity index (χ0n) is 9.28. The maximum Gasteiger partial charge on any atom is 0.154 e. The van der Waals surface area contributed by atoms with Crippen LogP contribution in [0, 0.1) is 0 Å². The number of nitrogens with two attached hydrogens (primary N) is 1. The van der Waals surface area contributed by atoms with E-state index in [0.29, 0.717) is 6.42 Å². The molecule has 0 amide bonds. The lowest BCUT2D eigenvalue weighted by Gasteiger charge is -2.10. The Kier molecular flexibility index (Phi) is 5.05. The van der Waals surface area contributed by atoms with Crippen LogP contribution in [-0.2, 0) is 4.79 Å². The van der Waals surface area contributed by atoms with E-state index in [0.717, 1.165) is 24.8 Å². The molecule has 0 aromatic heterocycles. The van der Waals surface area contributed by atoms with Gasteiger partial charge in [-0.25, -0.2) is 0 Å². The number of hydrogen-bond acceptors (Lipinski definition) is 2. The predicted molar refractivity (Wildman–Crippen MR) is 62.5 cm³/mol. The van der Waals surface area contributed by atoms with Crippen molar-refractivity contribution >= 4 is 5.78 Å². The second-order valence-electron chi connectivity index (χ2n) is 3.81. The summed E-state index contributed by atoms with van der Waals surface area (Å²) in [6.45, 7) is 2.13. The van der Waals surface area contributed by atoms with Crippen LogP contribution in [0.1, 0.15) is 44.2 Å². The third-order valence-corrected chi connectivity index (χ3v) is 2.53. The number of ketones is 1. The average molecular weight is 205 g/mol. The van der Waals surface area contributed by atoms with Crippen LogP contribution in [0.2, 0.25) is 0 Å². The fraction of sp³-hybridized carbons (Fsp3) is 0.462. The van der Waals surface area contributed by atoms with Gasteiger partial charge in [0.15, 0.2) is 5.78 Å². The molecule has 1 unspecified atom stereocenters. The predicted octanol–water partition coefficient (Wildman–Crippen LogP) is 2.84. The molecule has 1 aromatic carbocycles. The zero-order chi connectivity index (χ0) is 11.1. The normalized spacial score (nSPS) is 12.4. The largest absolute Gasteiger partial charge is 0.318 e. The van der Waals surface area contributed by atoms with Gasteiger partial charge < -0.3 is 5.73 Å². The van der Waals surface area contributed by atoms with Gasteiger partial charge >= 0.3 is 0 Å². The lowest BCUT2D eigenvalue weighted by molar-refractivity contribution is -0.120. The fourth-order valence-corrected chi connectivity index (χ4v) is 1.55. The molecule has 0 aliphatic carbocycles. The topological polar surface area (TPSA) is 43.1 Å². The Hall–Kier alpha value is -1.15. The van der Waals surface area contributed by atoms with Gasteiger partial charge in [0.1, 0.15) is 0 Å². The fourth-order valence-electron chi connectivity index (χ4n) is 1.55. The van der Waals surface area contributed by atoms with E-state index >= 15 is 0 Å². The van der Waals surface area contributed by atoms with Crippen molar-refractivity contribution < 1.29 is 4.79 Å². The molecule has 0 bridgehead atoms. The van der Waals surface area contributed by atoms with E-state index in [1.165, 1.54) is 0 Å². The Labute approximate surface area is 91.5 Å². The minimum absolute atomic E-state index is 0.148. The van der Waals surface area contributed by atoms with E-state index in [1.54, 1.807) is 0 Å². The SMILES string of the molecule is CCCCCC(=O)C(N)c1ccccc1. The average Bonchev–Trinajstić information content (AvgIpc) is 2.29. The van der Waals surface area contributed by atoms with Gasteiger partial charge in [0.25, 0.3) is 0 Å². The molecule has 15 heavy (non-hydrogen) atoms. The van der Waals surface area contributed by atoms with Crippen LogP contribution in [0.4, 0.5) is 0 Å². The summed E-state index contributed by atoms with van der Waals surface area (Å²) < 4.78 is 0. The molecule has 82 valence electrons. The monoisotopic (exact) mass is 205 g/mol. The number of carbonyl (C=O) groups is 1. The molecule has 0 aliphatic rings. The van der Waals surface area contributed by atoms with Crippen molar-refractivity contribution in [1.82, 2.24) is 0 Å². The lowest BCUT2D eigenvalue weighted by atomic mass is 10.00. The van der Waals surface area contributed by atoms with Crippen LogP contribution in [0.3, 0.4) is 0 Å². The highest BCUT2D eigenvalue weighted by molar-refractivity contribution is 5.84. The number of Topliss-reactive ketones (excluding diaryl/α,β-unsaturated/α-hetero) is 1. The Morgan fingerprint density at radius 1 is 1.27 bits per heavy atom. The maximum atomic E-state index is 11.7. The molecule has 0 fully saturated rings. The van der Waals surface area contributed by atoms with Crippen molar-refractivity contribution in [2.24, 2.45) is 5.73 Å². The number of benzene rings is 1. The van der Waals surface area contributed by atoms with Gasteiger partial charge in [0.2, 0.25) is 0 Å². The van der Waals surface area contributed by atoms with Gasteiger partial charge in [-0.05, 0) is 12.0 Å². The first kappa shape index (κ1) is 11.9. The highest BCUT2D eigenvalue weighted by Gasteiger charge is 2.14. The van der Waals surface area contributed by atoms with Crippen LogP contribution in [-0.4, -0.2) is 5.78 Å². The van der Waals surface area contributed by atoms with Gasteiger partial charge in [0.05, 0.1) is 6.04 Å². The Bertz CT molecular complexity index is 295. The molecule has 1 rings (SSSR count). The van der Waals surface area contributed by atoms with E-state index in [4.69, 9.17) is 5.73 Å². The second kappa shape index (κ2) is 6.36. The summed E-state index contributed by atoms with van der Waals surface area (Å²) in [5, 5.41) is 0. The summed E-state index contributed by atoms with van der Waals surface area (Å²) in [6.07, 6.45) is 3.79. The van der Waals surface area contributed by atoms with E-state index in [1.807, 2.05) is 30.3 Å². The number of carbonyl (C=O) groups excluding carboxylic acids is 1. The summed E-state index contributed by atoms with van der Waals surface area (Å²) in [5.41, 5.74) is 6.79. The van der Waals surface area contributed by atoms with Gasteiger partial charge in [-0.1, -0.05) is 50.1 Å². The minimum atomic E-state index is -0.442. The Morgan fingerprint density at radius 3 is 2.53 bits per heavy atom. The van der Waals surface area contributed by atoms with Crippen molar-refractivity contribution in [3.8, 4) is 0 Å². The van der Waals surface area contributed by atoms with Gasteiger partial charge in [-0.3, -0.25) is 4.79 Å². The molecule has 0 saturated heterocycles. The first-order chi connectivity index (χ1) is 7.25. The van der Waals surface area contributed by atoms with Crippen molar-refractivity contribution in [3.63, 3.8) is 0 Å². The van der Waals surface area contributed by atoms with Crippen LogP contribution in [0.25, 0.3) is 0 Å². The van der Waals surface area contributed by atoms with Gasteiger partial charge in [0, 0.05) is 6.42 Å². The molecule has 0 heterocycles. The number of rotatable bonds is 6. The van der Waals surface area contributed by atoms with Crippen molar-refractivity contribution in [2.45, 2.75) is 38.6 Å². The smallest absolute Gasteiger partial charge is 0.154 e. The van der Waals surface area contributed by atoms with E-state index in [2.05, 4.69) is 6.92 Å². The molecule has 0 spiro atoms. The molecular formula is C13H19NO. The Morgan fingerprint density at radius 2 is 1.93 bits per heavy atom. The highest BCUT2D eigenvalue weighted by Crippen LogP contribution is 2.13. The molecule has 2 N–H and O–H groups in total. The summed E-state index contributed by atoms with van der Waals surface area (Å²) in [5.74, 6) is 0.148. The van der Waals surface area contributed by atoms with Crippen molar-refractivity contribution in [3.05, 3.63) is 35.9 Å². The van der Waals surface area contributed by atoms with Crippen LogP contribution in [0.5, 0.6) is 0 Å². The minimum Gasteiger partial charge on any atom is -0.318 e.